The van der Waals surface area contributed by atoms with Crippen LogP contribution in [0.2, 0.25) is 0 Å². The molecule has 0 unspecified atom stereocenters. The third kappa shape index (κ3) is 4.72. The average molecular weight is 736 g/mol. The lowest BCUT2D eigenvalue weighted by Gasteiger charge is -2.33. The lowest BCUT2D eigenvalue weighted by molar-refractivity contribution is 0.660. The molecule has 8 aromatic carbocycles. The molecule has 0 atom stereocenters. The number of anilines is 3. The molecule has 9 aromatic rings. The quantitative estimate of drug-likeness (QED) is 0.170. The molecule has 268 valence electrons. The average Bonchev–Trinajstić information content (AvgIpc) is 3.81. The van der Waals surface area contributed by atoms with Crippen LogP contribution in [0.25, 0.3) is 64.7 Å². The summed E-state index contributed by atoms with van der Waals surface area (Å²) in [6.07, 6.45) is 0. The first-order valence-corrected chi connectivity index (χ1v) is 20.5. The first-order chi connectivity index (χ1) is 27.3. The maximum Gasteiger partial charge on any atom is 0.0540 e. The summed E-state index contributed by atoms with van der Waals surface area (Å²) in [7, 11) is 0. The first kappa shape index (κ1) is 33.1. The van der Waals surface area contributed by atoms with Crippen LogP contribution < -0.4 is 4.90 Å². The van der Waals surface area contributed by atoms with E-state index >= 15 is 0 Å². The van der Waals surface area contributed by atoms with Gasteiger partial charge in [0.25, 0.3) is 0 Å². The van der Waals surface area contributed by atoms with Crippen molar-refractivity contribution in [2.24, 2.45) is 0 Å². The number of rotatable bonds is 5. The highest BCUT2D eigenvalue weighted by Gasteiger charge is 2.39. The zero-order valence-corrected chi connectivity index (χ0v) is 32.9. The highest BCUT2D eigenvalue weighted by atomic mass is 32.1. The van der Waals surface area contributed by atoms with Gasteiger partial charge in [-0.2, -0.15) is 0 Å². The second kappa shape index (κ2) is 12.1. The number of thiophene rings is 1. The molecule has 0 aliphatic heterocycles. The Labute approximate surface area is 333 Å². The van der Waals surface area contributed by atoms with E-state index in [1.165, 1.54) is 92.6 Å². The third-order valence-corrected chi connectivity index (χ3v) is 13.9. The van der Waals surface area contributed by atoms with Gasteiger partial charge in [0.2, 0.25) is 0 Å². The van der Waals surface area contributed by atoms with Crippen LogP contribution in [0.15, 0.2) is 176 Å². The van der Waals surface area contributed by atoms with Crippen molar-refractivity contribution < 1.29 is 0 Å². The Bertz CT molecular complexity index is 3030. The molecular weight excluding hydrogens is 695 g/mol. The molecule has 56 heavy (non-hydrogen) atoms. The van der Waals surface area contributed by atoms with Crippen LogP contribution >= 0.6 is 11.3 Å². The highest BCUT2D eigenvalue weighted by molar-refractivity contribution is 7.26. The van der Waals surface area contributed by atoms with E-state index in [1.54, 1.807) is 0 Å². The standard InChI is InChI=1S/C54H41NS/c1-53(2)45-22-9-6-17-40(45)44-33-35(29-32-47(44)53)37-15-7-11-24-48(37)55(49-25-14-20-42-39-16-5-10-23-46(39)54(3,4)51(42)49)36-30-27-34(28-31-36)38-19-13-21-43-41-18-8-12-26-50(41)56-52(38)43/h5-33H,1-4H3. The van der Waals surface area contributed by atoms with Crippen molar-refractivity contribution in [1.82, 2.24) is 0 Å². The summed E-state index contributed by atoms with van der Waals surface area (Å²) in [6, 6.07) is 65.7. The van der Waals surface area contributed by atoms with Crippen molar-refractivity contribution in [3.05, 3.63) is 198 Å². The maximum atomic E-state index is 2.52. The van der Waals surface area contributed by atoms with Crippen LogP contribution in [0.1, 0.15) is 49.9 Å². The van der Waals surface area contributed by atoms with Crippen molar-refractivity contribution in [2.75, 3.05) is 4.90 Å². The van der Waals surface area contributed by atoms with Gasteiger partial charge in [-0.15, -0.1) is 11.3 Å². The molecule has 11 rings (SSSR count). The number of hydrogen-bond acceptors (Lipinski definition) is 2. The van der Waals surface area contributed by atoms with Gasteiger partial charge >= 0.3 is 0 Å². The van der Waals surface area contributed by atoms with E-state index in [4.69, 9.17) is 0 Å². The van der Waals surface area contributed by atoms with Gasteiger partial charge in [0.15, 0.2) is 0 Å². The van der Waals surface area contributed by atoms with Gasteiger partial charge in [-0.05, 0) is 97.6 Å². The second-order valence-corrected chi connectivity index (χ2v) is 17.5. The van der Waals surface area contributed by atoms with Crippen molar-refractivity contribution in [3.8, 4) is 44.5 Å². The van der Waals surface area contributed by atoms with Crippen molar-refractivity contribution in [2.45, 2.75) is 38.5 Å². The number of nitrogens with zero attached hydrogens (tertiary/aromatic N) is 1. The van der Waals surface area contributed by atoms with E-state index in [0.29, 0.717) is 0 Å². The molecule has 0 amide bonds. The van der Waals surface area contributed by atoms with Crippen molar-refractivity contribution >= 4 is 48.6 Å². The monoisotopic (exact) mass is 735 g/mol. The summed E-state index contributed by atoms with van der Waals surface area (Å²) in [4.78, 5) is 2.52. The summed E-state index contributed by atoms with van der Waals surface area (Å²) >= 11 is 1.89. The van der Waals surface area contributed by atoms with E-state index in [-0.39, 0.29) is 10.8 Å². The summed E-state index contributed by atoms with van der Waals surface area (Å²) in [5.41, 5.74) is 19.1. The number of hydrogen-bond donors (Lipinski definition) is 0. The van der Waals surface area contributed by atoms with E-state index in [2.05, 4.69) is 209 Å². The lowest BCUT2D eigenvalue weighted by Crippen LogP contribution is -2.21. The van der Waals surface area contributed by atoms with Crippen LogP contribution in [0, 0.1) is 0 Å². The Morgan fingerprint density at radius 3 is 1.75 bits per heavy atom. The number of fused-ring (bicyclic) bond motifs is 9. The molecule has 1 heterocycles. The number of para-hydroxylation sites is 1. The molecule has 0 fully saturated rings. The SMILES string of the molecule is CC1(C)c2ccccc2-c2cc(-c3ccccc3N(c3ccc(-c4cccc5c4sc4ccccc45)cc3)c3cccc4c3C(C)(C)c3ccccc3-4)ccc21. The summed E-state index contributed by atoms with van der Waals surface area (Å²) in [6.45, 7) is 9.49. The Balaban J connectivity index is 1.11. The summed E-state index contributed by atoms with van der Waals surface area (Å²) in [5, 5.41) is 2.65. The Morgan fingerprint density at radius 1 is 0.393 bits per heavy atom. The largest absolute Gasteiger partial charge is 0.310 e. The van der Waals surface area contributed by atoms with Crippen LogP contribution in [0.5, 0.6) is 0 Å². The molecule has 0 spiro atoms. The predicted molar refractivity (Wildman–Crippen MR) is 240 cm³/mol. The molecule has 0 radical (unpaired) electrons. The first-order valence-electron chi connectivity index (χ1n) is 19.7. The Kier molecular flexibility index (Phi) is 7.18. The fraction of sp³-hybridized carbons (Fsp3) is 0.111. The fourth-order valence-electron chi connectivity index (χ4n) is 9.98. The van der Waals surface area contributed by atoms with E-state index < -0.39 is 0 Å². The zero-order valence-electron chi connectivity index (χ0n) is 32.1. The topological polar surface area (TPSA) is 3.24 Å². The third-order valence-electron chi connectivity index (χ3n) is 12.7. The Morgan fingerprint density at radius 2 is 0.946 bits per heavy atom. The van der Waals surface area contributed by atoms with Gasteiger partial charge in [-0.3, -0.25) is 0 Å². The zero-order chi connectivity index (χ0) is 37.8. The molecule has 2 heteroatoms. The van der Waals surface area contributed by atoms with Crippen LogP contribution in [0.4, 0.5) is 17.1 Å². The molecular formula is C54H41NS. The van der Waals surface area contributed by atoms with Crippen LogP contribution in [0.3, 0.4) is 0 Å². The second-order valence-electron chi connectivity index (χ2n) is 16.5. The molecule has 0 N–H and O–H groups in total. The Hall–Kier alpha value is -6.22. The maximum absolute atomic E-state index is 2.52. The van der Waals surface area contributed by atoms with Gasteiger partial charge in [0.05, 0.1) is 11.4 Å². The molecule has 2 aliphatic carbocycles. The molecule has 1 aromatic heterocycles. The van der Waals surface area contributed by atoms with Gasteiger partial charge in [-0.25, -0.2) is 0 Å². The lowest BCUT2D eigenvalue weighted by atomic mass is 9.81. The molecule has 0 saturated heterocycles. The van der Waals surface area contributed by atoms with Crippen molar-refractivity contribution in [1.29, 1.82) is 0 Å². The van der Waals surface area contributed by atoms with Crippen LogP contribution in [-0.2, 0) is 10.8 Å². The number of benzene rings is 8. The van der Waals surface area contributed by atoms with E-state index in [1.807, 2.05) is 11.3 Å². The summed E-state index contributed by atoms with van der Waals surface area (Å²) < 4.78 is 2.67. The molecule has 2 aliphatic rings. The van der Waals surface area contributed by atoms with Gasteiger partial charge < -0.3 is 4.90 Å². The fourth-order valence-corrected chi connectivity index (χ4v) is 11.2. The van der Waals surface area contributed by atoms with E-state index in [0.717, 1.165) is 11.4 Å². The minimum atomic E-state index is -0.185. The van der Waals surface area contributed by atoms with Gasteiger partial charge in [0.1, 0.15) is 0 Å². The van der Waals surface area contributed by atoms with E-state index in [9.17, 15) is 0 Å². The van der Waals surface area contributed by atoms with Crippen molar-refractivity contribution in [3.63, 3.8) is 0 Å². The highest BCUT2D eigenvalue weighted by Crippen LogP contribution is 2.56. The normalized spacial score (nSPS) is 14.4. The molecule has 1 nitrogen and oxygen atoms in total. The van der Waals surface area contributed by atoms with Crippen LogP contribution in [-0.4, -0.2) is 0 Å². The minimum Gasteiger partial charge on any atom is -0.310 e. The minimum absolute atomic E-state index is 0.0386. The predicted octanol–water partition coefficient (Wildman–Crippen LogP) is 15.5. The smallest absolute Gasteiger partial charge is 0.0540 e. The van der Waals surface area contributed by atoms with Gasteiger partial charge in [-0.1, -0.05) is 167 Å². The molecule has 0 bridgehead atoms. The molecule has 0 saturated carbocycles. The van der Waals surface area contributed by atoms with Gasteiger partial charge in [0, 0.05) is 42.3 Å². The summed E-state index contributed by atoms with van der Waals surface area (Å²) in [5.74, 6) is 0.